The number of carbonyl (C=O) groups excluding carboxylic acids is 1. The second kappa shape index (κ2) is 10.8. The molecule has 0 radical (unpaired) electrons. The zero-order valence-electron chi connectivity index (χ0n) is 17.6. The summed E-state index contributed by atoms with van der Waals surface area (Å²) in [5.41, 5.74) is 0.961. The minimum atomic E-state index is -0.528. The number of rotatable bonds is 7. The zero-order valence-corrected chi connectivity index (χ0v) is 17.6. The number of nitrogens with one attached hydrogen (secondary N) is 3. The molecule has 1 aliphatic heterocycles. The molecule has 0 bridgehead atoms. The molecular formula is C20H31FN4O4. The molecule has 0 atom stereocenters. The van der Waals surface area contributed by atoms with E-state index in [2.05, 4.69) is 20.9 Å². The van der Waals surface area contributed by atoms with Crippen molar-refractivity contribution in [3.8, 4) is 5.75 Å². The van der Waals surface area contributed by atoms with E-state index in [0.29, 0.717) is 56.5 Å². The Morgan fingerprint density at radius 2 is 2.00 bits per heavy atom. The lowest BCUT2D eigenvalue weighted by atomic mass is 10.1. The van der Waals surface area contributed by atoms with Gasteiger partial charge in [0.05, 0.1) is 6.61 Å². The summed E-state index contributed by atoms with van der Waals surface area (Å²) in [6, 6.07) is 2.91. The van der Waals surface area contributed by atoms with Crippen molar-refractivity contribution >= 4 is 12.1 Å². The van der Waals surface area contributed by atoms with Crippen molar-refractivity contribution in [3.05, 3.63) is 29.1 Å². The number of fused-ring (bicyclic) bond motifs is 1. The molecule has 3 N–H and O–H groups in total. The number of aliphatic imine (C=N–C) groups is 1. The van der Waals surface area contributed by atoms with Crippen molar-refractivity contribution in [3.63, 3.8) is 0 Å². The van der Waals surface area contributed by atoms with E-state index in [4.69, 9.17) is 14.2 Å². The molecule has 0 spiro atoms. The van der Waals surface area contributed by atoms with Crippen LogP contribution in [0.2, 0.25) is 0 Å². The van der Waals surface area contributed by atoms with Gasteiger partial charge in [-0.3, -0.25) is 4.99 Å². The molecule has 0 saturated carbocycles. The number of carbonyl (C=O) groups is 1. The van der Waals surface area contributed by atoms with E-state index in [9.17, 15) is 9.18 Å². The summed E-state index contributed by atoms with van der Waals surface area (Å²) in [5.74, 6) is 0.996. The van der Waals surface area contributed by atoms with Crippen LogP contribution in [0.25, 0.3) is 0 Å². The third-order valence-corrected chi connectivity index (χ3v) is 3.83. The van der Waals surface area contributed by atoms with Crippen molar-refractivity contribution in [2.24, 2.45) is 4.99 Å². The first-order valence-electron chi connectivity index (χ1n) is 9.79. The van der Waals surface area contributed by atoms with E-state index < -0.39 is 11.7 Å². The molecular weight excluding hydrogens is 379 g/mol. The molecule has 0 saturated heterocycles. The summed E-state index contributed by atoms with van der Waals surface area (Å²) in [6.45, 7) is 9.95. The van der Waals surface area contributed by atoms with E-state index in [0.717, 1.165) is 5.56 Å². The SMILES string of the molecule is CCNC(=NCCc1cc(F)cc2c1OCOC2)NCCNC(=O)OC(C)(C)C. The van der Waals surface area contributed by atoms with Crippen molar-refractivity contribution in [1.29, 1.82) is 0 Å². The molecule has 1 amide bonds. The summed E-state index contributed by atoms with van der Waals surface area (Å²) in [4.78, 5) is 16.1. The third kappa shape index (κ3) is 8.15. The lowest BCUT2D eigenvalue weighted by molar-refractivity contribution is -0.0172. The fourth-order valence-corrected chi connectivity index (χ4v) is 2.73. The fraction of sp³-hybridized carbons (Fsp3) is 0.600. The summed E-state index contributed by atoms with van der Waals surface area (Å²) >= 11 is 0. The van der Waals surface area contributed by atoms with Crippen molar-refractivity contribution in [2.45, 2.75) is 46.3 Å². The number of nitrogens with zero attached hydrogens (tertiary/aromatic N) is 1. The van der Waals surface area contributed by atoms with Crippen LogP contribution in [0.4, 0.5) is 9.18 Å². The van der Waals surface area contributed by atoms with Crippen LogP contribution in [-0.2, 0) is 22.5 Å². The maximum atomic E-state index is 13.8. The molecule has 162 valence electrons. The van der Waals surface area contributed by atoms with Gasteiger partial charge in [-0.25, -0.2) is 9.18 Å². The topological polar surface area (TPSA) is 93.2 Å². The second-order valence-corrected chi connectivity index (χ2v) is 7.53. The Labute approximate surface area is 171 Å². The molecule has 1 heterocycles. The first kappa shape index (κ1) is 22.7. The number of hydrogen-bond acceptors (Lipinski definition) is 5. The summed E-state index contributed by atoms with van der Waals surface area (Å²) in [6.07, 6.45) is 0.0772. The Balaban J connectivity index is 1.83. The smallest absolute Gasteiger partial charge is 0.407 e. The highest BCUT2D eigenvalue weighted by molar-refractivity contribution is 5.79. The first-order valence-corrected chi connectivity index (χ1v) is 9.79. The van der Waals surface area contributed by atoms with Gasteiger partial charge < -0.3 is 30.2 Å². The normalized spacial score (nSPS) is 13.9. The van der Waals surface area contributed by atoms with E-state index in [-0.39, 0.29) is 12.6 Å². The van der Waals surface area contributed by atoms with Gasteiger partial charge in [-0.15, -0.1) is 0 Å². The minimum absolute atomic E-state index is 0.170. The monoisotopic (exact) mass is 410 g/mol. The number of amides is 1. The quantitative estimate of drug-likeness (QED) is 0.363. The summed E-state index contributed by atoms with van der Waals surface area (Å²) in [7, 11) is 0. The molecule has 1 aromatic rings. The highest BCUT2D eigenvalue weighted by atomic mass is 19.1. The first-order chi connectivity index (χ1) is 13.8. The molecule has 29 heavy (non-hydrogen) atoms. The van der Waals surface area contributed by atoms with Crippen LogP contribution in [0, 0.1) is 5.82 Å². The largest absolute Gasteiger partial charge is 0.467 e. The van der Waals surface area contributed by atoms with Crippen LogP contribution in [0.15, 0.2) is 17.1 Å². The van der Waals surface area contributed by atoms with Crippen LogP contribution < -0.4 is 20.7 Å². The Morgan fingerprint density at radius 1 is 1.24 bits per heavy atom. The third-order valence-electron chi connectivity index (χ3n) is 3.83. The summed E-state index contributed by atoms with van der Waals surface area (Å²) in [5, 5.41) is 8.96. The standard InChI is InChI=1S/C20H31FN4O4/c1-5-22-18(24-8-9-25-19(26)29-20(2,3)4)23-7-6-14-10-16(21)11-15-12-27-13-28-17(14)15/h10-11H,5-9,12-13H2,1-4H3,(H,25,26)(H2,22,23,24). The number of ether oxygens (including phenoxy) is 3. The van der Waals surface area contributed by atoms with E-state index in [1.54, 1.807) is 0 Å². The Hall–Kier alpha value is -2.55. The predicted octanol–water partition coefficient (Wildman–Crippen LogP) is 2.31. The molecule has 0 fully saturated rings. The number of alkyl carbamates (subject to hydrolysis) is 1. The number of benzene rings is 1. The number of halogens is 1. The molecule has 8 nitrogen and oxygen atoms in total. The highest BCUT2D eigenvalue weighted by Crippen LogP contribution is 2.29. The summed E-state index contributed by atoms with van der Waals surface area (Å²) < 4.78 is 29.7. The van der Waals surface area contributed by atoms with E-state index in [1.807, 2.05) is 27.7 Å². The average Bonchev–Trinajstić information content (AvgIpc) is 2.63. The van der Waals surface area contributed by atoms with Crippen LogP contribution in [-0.4, -0.2) is 50.6 Å². The van der Waals surface area contributed by atoms with Gasteiger partial charge in [0.25, 0.3) is 0 Å². The second-order valence-electron chi connectivity index (χ2n) is 7.53. The lowest BCUT2D eigenvalue weighted by Gasteiger charge is -2.20. The highest BCUT2D eigenvalue weighted by Gasteiger charge is 2.17. The maximum Gasteiger partial charge on any atom is 0.407 e. The molecule has 0 aromatic heterocycles. The van der Waals surface area contributed by atoms with Crippen molar-refractivity contribution in [1.82, 2.24) is 16.0 Å². The van der Waals surface area contributed by atoms with Gasteiger partial charge in [0.15, 0.2) is 12.8 Å². The van der Waals surface area contributed by atoms with Crippen molar-refractivity contribution < 1.29 is 23.4 Å². The van der Waals surface area contributed by atoms with Crippen LogP contribution in [0.1, 0.15) is 38.8 Å². The van der Waals surface area contributed by atoms with Crippen LogP contribution in [0.5, 0.6) is 5.75 Å². The van der Waals surface area contributed by atoms with E-state index >= 15 is 0 Å². The number of hydrogen-bond donors (Lipinski definition) is 3. The van der Waals surface area contributed by atoms with Gasteiger partial charge in [0, 0.05) is 31.7 Å². The van der Waals surface area contributed by atoms with E-state index in [1.165, 1.54) is 12.1 Å². The van der Waals surface area contributed by atoms with Crippen LogP contribution >= 0.6 is 0 Å². The van der Waals surface area contributed by atoms with Gasteiger partial charge in [-0.2, -0.15) is 0 Å². The Morgan fingerprint density at radius 3 is 2.72 bits per heavy atom. The molecule has 9 heteroatoms. The Bertz CT molecular complexity index is 719. The van der Waals surface area contributed by atoms with Crippen molar-refractivity contribution in [2.75, 3.05) is 33.0 Å². The fourth-order valence-electron chi connectivity index (χ4n) is 2.73. The van der Waals surface area contributed by atoms with Gasteiger partial charge in [-0.05, 0) is 51.8 Å². The molecule has 2 rings (SSSR count). The minimum Gasteiger partial charge on any atom is -0.467 e. The van der Waals surface area contributed by atoms with Gasteiger partial charge in [0.1, 0.15) is 17.2 Å². The van der Waals surface area contributed by atoms with Gasteiger partial charge in [0.2, 0.25) is 0 Å². The lowest BCUT2D eigenvalue weighted by Crippen LogP contribution is -2.42. The van der Waals surface area contributed by atoms with Gasteiger partial charge in [-0.1, -0.05) is 0 Å². The average molecular weight is 410 g/mol. The predicted molar refractivity (Wildman–Crippen MR) is 109 cm³/mol. The molecule has 0 aliphatic carbocycles. The molecule has 1 aromatic carbocycles. The molecule has 0 unspecified atom stereocenters. The Kier molecular flexibility index (Phi) is 8.50. The molecule has 1 aliphatic rings. The van der Waals surface area contributed by atoms with Crippen LogP contribution in [0.3, 0.4) is 0 Å². The zero-order chi connectivity index (χ0) is 21.3. The maximum absolute atomic E-state index is 13.8. The number of guanidine groups is 1. The van der Waals surface area contributed by atoms with Gasteiger partial charge >= 0.3 is 6.09 Å².